The van der Waals surface area contributed by atoms with Crippen LogP contribution in [0.3, 0.4) is 0 Å². The molecule has 5 nitrogen and oxygen atoms in total. The van der Waals surface area contributed by atoms with Gasteiger partial charge in [-0.15, -0.1) is 0 Å². The van der Waals surface area contributed by atoms with Crippen LogP contribution in [0.25, 0.3) is 16.7 Å². The topological polar surface area (TPSA) is 60.7 Å². The van der Waals surface area contributed by atoms with Crippen LogP contribution in [-0.2, 0) is 6.42 Å². The van der Waals surface area contributed by atoms with Gasteiger partial charge in [0.2, 0.25) is 0 Å². The van der Waals surface area contributed by atoms with Crippen molar-refractivity contribution < 1.29 is 4.39 Å². The summed E-state index contributed by atoms with van der Waals surface area (Å²) in [5, 5.41) is -0.222. The van der Waals surface area contributed by atoms with Gasteiger partial charge in [-0.2, -0.15) is 4.98 Å². The Morgan fingerprint density at radius 2 is 1.96 bits per heavy atom. The zero-order valence-electron chi connectivity index (χ0n) is 15.3. The zero-order chi connectivity index (χ0) is 19.7. The van der Waals surface area contributed by atoms with E-state index in [2.05, 4.69) is 21.9 Å². The number of rotatable bonds is 5. The molecular formula is C19H19Cl2FN4O. The highest BCUT2D eigenvalue weighted by Gasteiger charge is 2.21. The molecule has 0 radical (unpaired) electrons. The molecule has 27 heavy (non-hydrogen) atoms. The zero-order valence-corrected chi connectivity index (χ0v) is 16.8. The molecule has 3 aromatic rings. The third-order valence-electron chi connectivity index (χ3n) is 4.34. The number of halogens is 3. The van der Waals surface area contributed by atoms with E-state index in [1.807, 2.05) is 19.9 Å². The van der Waals surface area contributed by atoms with Crippen molar-refractivity contribution in [3.63, 3.8) is 0 Å². The van der Waals surface area contributed by atoms with Crippen molar-refractivity contribution in [2.24, 2.45) is 0 Å². The quantitative estimate of drug-likeness (QED) is 0.435. The molecule has 0 spiro atoms. The van der Waals surface area contributed by atoms with Gasteiger partial charge in [0.25, 0.3) is 0 Å². The minimum absolute atomic E-state index is 0.0510. The van der Waals surface area contributed by atoms with E-state index in [0.29, 0.717) is 5.69 Å². The van der Waals surface area contributed by atoms with Gasteiger partial charge in [-0.25, -0.2) is 18.7 Å². The SMILES string of the molecule is CCCCc1ccnc(C(C)C)c1-n1c(=O)nc(Cl)c2cc(F)c(Cl)nc21. The van der Waals surface area contributed by atoms with Crippen LogP contribution in [-0.4, -0.2) is 19.5 Å². The van der Waals surface area contributed by atoms with Crippen molar-refractivity contribution in [2.45, 2.75) is 46.0 Å². The Hall–Kier alpha value is -2.05. The number of aromatic nitrogens is 4. The summed E-state index contributed by atoms with van der Waals surface area (Å²) in [7, 11) is 0. The fourth-order valence-corrected chi connectivity index (χ4v) is 3.37. The molecule has 0 aliphatic heterocycles. The van der Waals surface area contributed by atoms with Gasteiger partial charge >= 0.3 is 5.69 Å². The second-order valence-corrected chi connectivity index (χ2v) is 7.33. The number of aryl methyl sites for hydroxylation is 1. The first-order chi connectivity index (χ1) is 12.8. The van der Waals surface area contributed by atoms with Crippen LogP contribution >= 0.6 is 23.2 Å². The van der Waals surface area contributed by atoms with Crippen molar-refractivity contribution >= 4 is 34.2 Å². The first-order valence-electron chi connectivity index (χ1n) is 8.77. The smallest absolute Gasteiger partial charge is 0.259 e. The average Bonchev–Trinajstić information content (AvgIpc) is 2.62. The molecular weight excluding hydrogens is 390 g/mol. The Balaban J connectivity index is 2.45. The minimum atomic E-state index is -0.723. The molecule has 0 atom stereocenters. The number of pyridine rings is 2. The molecule has 0 bridgehead atoms. The second-order valence-electron chi connectivity index (χ2n) is 6.61. The van der Waals surface area contributed by atoms with E-state index in [9.17, 15) is 9.18 Å². The highest BCUT2D eigenvalue weighted by atomic mass is 35.5. The minimum Gasteiger partial charge on any atom is -0.259 e. The fourth-order valence-electron chi connectivity index (χ4n) is 3.03. The summed E-state index contributed by atoms with van der Waals surface area (Å²) in [6, 6.07) is 3.03. The average molecular weight is 409 g/mol. The predicted molar refractivity (Wildman–Crippen MR) is 106 cm³/mol. The fraction of sp³-hybridized carbons (Fsp3) is 0.368. The first kappa shape index (κ1) is 19.7. The monoisotopic (exact) mass is 408 g/mol. The van der Waals surface area contributed by atoms with E-state index in [4.69, 9.17) is 23.2 Å². The van der Waals surface area contributed by atoms with Crippen LogP contribution in [0.1, 0.15) is 50.8 Å². The summed E-state index contributed by atoms with van der Waals surface area (Å²) < 4.78 is 15.3. The highest BCUT2D eigenvalue weighted by Crippen LogP contribution is 2.29. The number of fused-ring (bicyclic) bond motifs is 1. The molecule has 0 unspecified atom stereocenters. The molecule has 0 N–H and O–H groups in total. The first-order valence-corrected chi connectivity index (χ1v) is 9.53. The van der Waals surface area contributed by atoms with E-state index in [1.54, 1.807) is 6.20 Å². The number of unbranched alkanes of at least 4 members (excludes halogenated alkanes) is 1. The van der Waals surface area contributed by atoms with Crippen LogP contribution in [0.15, 0.2) is 23.1 Å². The molecule has 142 valence electrons. The lowest BCUT2D eigenvalue weighted by Crippen LogP contribution is -2.25. The molecule has 0 aliphatic carbocycles. The van der Waals surface area contributed by atoms with Crippen LogP contribution in [0.4, 0.5) is 4.39 Å². The molecule has 8 heteroatoms. The Labute approximate surface area is 166 Å². The molecule has 0 aliphatic rings. The molecule has 0 aromatic carbocycles. The third-order valence-corrected chi connectivity index (χ3v) is 4.89. The largest absolute Gasteiger partial charge is 0.355 e. The van der Waals surface area contributed by atoms with E-state index in [1.165, 1.54) is 4.57 Å². The molecule has 3 aromatic heterocycles. The Bertz CT molecular complexity index is 1070. The summed E-state index contributed by atoms with van der Waals surface area (Å²) in [6.45, 7) is 6.08. The summed E-state index contributed by atoms with van der Waals surface area (Å²) >= 11 is 12.0. The van der Waals surface area contributed by atoms with Crippen molar-refractivity contribution in [2.75, 3.05) is 0 Å². The molecule has 3 rings (SSSR count). The lowest BCUT2D eigenvalue weighted by molar-refractivity contribution is 0.623. The maximum atomic E-state index is 13.9. The highest BCUT2D eigenvalue weighted by molar-refractivity contribution is 6.34. The Kier molecular flexibility index (Phi) is 5.77. The van der Waals surface area contributed by atoms with Crippen LogP contribution in [0.5, 0.6) is 0 Å². The number of hydrogen-bond acceptors (Lipinski definition) is 4. The molecule has 0 saturated heterocycles. The maximum absolute atomic E-state index is 13.9. The van der Waals surface area contributed by atoms with E-state index in [0.717, 1.165) is 36.6 Å². The van der Waals surface area contributed by atoms with Crippen molar-refractivity contribution in [3.8, 4) is 5.69 Å². The number of nitrogens with zero attached hydrogens (tertiary/aromatic N) is 4. The lowest BCUT2D eigenvalue weighted by atomic mass is 10.0. The molecule has 0 saturated carbocycles. The normalized spacial score (nSPS) is 11.5. The van der Waals surface area contributed by atoms with Gasteiger partial charge in [0, 0.05) is 6.20 Å². The van der Waals surface area contributed by atoms with Gasteiger partial charge < -0.3 is 0 Å². The second kappa shape index (κ2) is 7.90. The van der Waals surface area contributed by atoms with Crippen molar-refractivity contribution in [1.82, 2.24) is 19.5 Å². The van der Waals surface area contributed by atoms with Crippen LogP contribution < -0.4 is 5.69 Å². The Morgan fingerprint density at radius 1 is 1.22 bits per heavy atom. The standard InChI is InChI=1S/C19H19Cl2FN4O/c1-4-5-6-11-7-8-23-14(10(2)3)15(11)26-18-12(16(20)25-19(26)27)9-13(22)17(21)24-18/h7-10H,4-6H2,1-3H3. The summed E-state index contributed by atoms with van der Waals surface area (Å²) in [5.74, 6) is -0.672. The van der Waals surface area contributed by atoms with Gasteiger partial charge in [-0.1, -0.05) is 50.4 Å². The van der Waals surface area contributed by atoms with Gasteiger partial charge in [0.05, 0.1) is 16.8 Å². The molecule has 3 heterocycles. The van der Waals surface area contributed by atoms with Gasteiger partial charge in [0.1, 0.15) is 5.15 Å². The van der Waals surface area contributed by atoms with Crippen molar-refractivity contribution in [1.29, 1.82) is 0 Å². The van der Waals surface area contributed by atoms with Gasteiger partial charge in [-0.05, 0) is 36.5 Å². The van der Waals surface area contributed by atoms with Crippen LogP contribution in [0.2, 0.25) is 10.3 Å². The summed E-state index contributed by atoms with van der Waals surface area (Å²) in [4.78, 5) is 25.3. The van der Waals surface area contributed by atoms with Crippen LogP contribution in [0, 0.1) is 5.82 Å². The summed E-state index contributed by atoms with van der Waals surface area (Å²) in [5.41, 5.74) is 1.87. The molecule has 0 fully saturated rings. The van der Waals surface area contributed by atoms with Gasteiger partial charge in [-0.3, -0.25) is 4.98 Å². The van der Waals surface area contributed by atoms with Gasteiger partial charge in [0.15, 0.2) is 16.6 Å². The Morgan fingerprint density at radius 3 is 2.63 bits per heavy atom. The molecule has 0 amide bonds. The predicted octanol–water partition coefficient (Wildman–Crippen LogP) is 5.09. The van der Waals surface area contributed by atoms with Crippen molar-refractivity contribution in [3.05, 3.63) is 56.2 Å². The van der Waals surface area contributed by atoms with E-state index < -0.39 is 11.5 Å². The van der Waals surface area contributed by atoms with E-state index in [-0.39, 0.29) is 27.3 Å². The number of hydrogen-bond donors (Lipinski definition) is 0. The van der Waals surface area contributed by atoms with E-state index >= 15 is 0 Å². The maximum Gasteiger partial charge on any atom is 0.355 e. The third kappa shape index (κ3) is 3.69. The summed E-state index contributed by atoms with van der Waals surface area (Å²) in [6.07, 6.45) is 4.45. The lowest BCUT2D eigenvalue weighted by Gasteiger charge is -2.19.